The van der Waals surface area contributed by atoms with Gasteiger partial charge in [-0.25, -0.2) is 4.79 Å². The number of benzene rings is 2. The number of amides is 2. The Labute approximate surface area is 218 Å². The van der Waals surface area contributed by atoms with E-state index in [9.17, 15) is 22.8 Å². The van der Waals surface area contributed by atoms with Crippen LogP contribution in [-0.4, -0.2) is 59.5 Å². The van der Waals surface area contributed by atoms with Crippen LogP contribution in [0.15, 0.2) is 48.7 Å². The van der Waals surface area contributed by atoms with Gasteiger partial charge in [0.25, 0.3) is 5.91 Å². The summed E-state index contributed by atoms with van der Waals surface area (Å²) < 4.78 is 54.0. The number of rotatable bonds is 10. The molecule has 0 unspecified atom stereocenters. The quantitative estimate of drug-likeness (QED) is 0.359. The maximum absolute atomic E-state index is 13.1. The molecule has 0 spiro atoms. The summed E-state index contributed by atoms with van der Waals surface area (Å²) in [6, 6.07) is 11.1. The van der Waals surface area contributed by atoms with Crippen molar-refractivity contribution in [1.82, 2.24) is 9.88 Å². The number of alkyl halides is 3. The van der Waals surface area contributed by atoms with Crippen molar-refractivity contribution >= 4 is 22.9 Å². The first-order valence-electron chi connectivity index (χ1n) is 12.0. The summed E-state index contributed by atoms with van der Waals surface area (Å²) in [5, 5.41) is 0.811. The lowest BCUT2D eigenvalue weighted by molar-refractivity contribution is -0.153. The summed E-state index contributed by atoms with van der Waals surface area (Å²) in [6.07, 6.45) is -2.97. The molecule has 1 aromatic heterocycles. The van der Waals surface area contributed by atoms with E-state index in [1.54, 1.807) is 39.1 Å². The number of carbonyl (C=O) groups excluding carboxylic acids is 2. The van der Waals surface area contributed by atoms with Gasteiger partial charge < -0.3 is 29.8 Å². The van der Waals surface area contributed by atoms with E-state index < -0.39 is 30.4 Å². The highest BCUT2D eigenvalue weighted by Gasteiger charge is 2.29. The molecule has 0 fully saturated rings. The summed E-state index contributed by atoms with van der Waals surface area (Å²) in [7, 11) is 0. The Balaban J connectivity index is 1.76. The Bertz CT molecular complexity index is 1270. The predicted octanol–water partition coefficient (Wildman–Crippen LogP) is 5.46. The molecule has 206 valence electrons. The highest BCUT2D eigenvalue weighted by Crippen LogP contribution is 2.29. The van der Waals surface area contributed by atoms with Crippen molar-refractivity contribution in [2.75, 3.05) is 19.8 Å². The van der Waals surface area contributed by atoms with Gasteiger partial charge in [0, 0.05) is 17.6 Å². The molecule has 8 nitrogen and oxygen atoms in total. The van der Waals surface area contributed by atoms with Crippen LogP contribution in [0.4, 0.5) is 18.0 Å². The van der Waals surface area contributed by atoms with Crippen LogP contribution in [0.1, 0.15) is 43.6 Å². The molecule has 3 rings (SSSR count). The summed E-state index contributed by atoms with van der Waals surface area (Å²) in [5.41, 5.74) is 6.58. The highest BCUT2D eigenvalue weighted by atomic mass is 19.4. The standard InChI is InChI=1S/C27H32F3N3O5/c1-17(13-18-14-19-9-10-32-23(19)20(15-18)24(31)34)33(25(35)38-26(2,3)4)11-12-36-21-7-5-6-8-22(21)37-16-27(28,29)30/h5-10,14-15,17,32H,11-13,16H2,1-4H3,(H2,31,34)/t17-/m1/s1. The summed E-state index contributed by atoms with van der Waals surface area (Å²) in [4.78, 5) is 29.6. The molecule has 2 aromatic carbocycles. The first-order chi connectivity index (χ1) is 17.7. The monoisotopic (exact) mass is 535 g/mol. The number of para-hydroxylation sites is 2. The van der Waals surface area contributed by atoms with Gasteiger partial charge in [0.1, 0.15) is 12.2 Å². The zero-order valence-electron chi connectivity index (χ0n) is 21.7. The largest absolute Gasteiger partial charge is 0.488 e. The third-order valence-corrected chi connectivity index (χ3v) is 5.51. The first kappa shape index (κ1) is 28.7. The van der Waals surface area contributed by atoms with Gasteiger partial charge in [0.2, 0.25) is 0 Å². The molecule has 38 heavy (non-hydrogen) atoms. The van der Waals surface area contributed by atoms with Crippen molar-refractivity contribution in [3.8, 4) is 11.5 Å². The second kappa shape index (κ2) is 11.7. The molecule has 2 amide bonds. The number of ether oxygens (including phenoxy) is 3. The Hall–Kier alpha value is -3.89. The van der Waals surface area contributed by atoms with Gasteiger partial charge in [-0.3, -0.25) is 4.79 Å². The number of H-pyrrole nitrogens is 1. The lowest BCUT2D eigenvalue weighted by Gasteiger charge is -2.32. The van der Waals surface area contributed by atoms with Gasteiger partial charge in [-0.15, -0.1) is 0 Å². The number of nitrogens with two attached hydrogens (primary N) is 1. The van der Waals surface area contributed by atoms with E-state index in [1.807, 2.05) is 19.1 Å². The van der Waals surface area contributed by atoms with Crippen LogP contribution in [0.5, 0.6) is 11.5 Å². The van der Waals surface area contributed by atoms with Gasteiger partial charge in [0.15, 0.2) is 18.1 Å². The summed E-state index contributed by atoms with van der Waals surface area (Å²) in [6.45, 7) is 5.67. The van der Waals surface area contributed by atoms with E-state index in [0.29, 0.717) is 17.5 Å². The SMILES string of the molecule is C[C@H](Cc1cc(C(N)=O)c2[nH]ccc2c1)N(CCOc1ccccc1OCC(F)(F)F)C(=O)OC(C)(C)C. The maximum atomic E-state index is 13.1. The van der Waals surface area contributed by atoms with E-state index in [4.69, 9.17) is 19.9 Å². The minimum atomic E-state index is -4.49. The third kappa shape index (κ3) is 8.06. The third-order valence-electron chi connectivity index (χ3n) is 5.51. The van der Waals surface area contributed by atoms with Gasteiger partial charge in [-0.2, -0.15) is 13.2 Å². The second-order valence-corrected chi connectivity index (χ2v) is 9.88. The zero-order valence-corrected chi connectivity index (χ0v) is 21.7. The van der Waals surface area contributed by atoms with Gasteiger partial charge in [-0.05, 0) is 70.0 Å². The molecule has 1 heterocycles. The van der Waals surface area contributed by atoms with Gasteiger partial charge >= 0.3 is 12.3 Å². The molecule has 11 heteroatoms. The predicted molar refractivity (Wildman–Crippen MR) is 136 cm³/mol. The molecule has 3 aromatic rings. The molecule has 0 saturated carbocycles. The van der Waals surface area contributed by atoms with Crippen LogP contribution in [0.2, 0.25) is 0 Å². The fourth-order valence-electron chi connectivity index (χ4n) is 3.91. The molecule has 0 radical (unpaired) electrons. The van der Waals surface area contributed by atoms with Crippen LogP contribution < -0.4 is 15.2 Å². The minimum Gasteiger partial charge on any atom is -0.488 e. The normalized spacial score (nSPS) is 12.7. The number of fused-ring (bicyclic) bond motifs is 1. The van der Waals surface area contributed by atoms with E-state index >= 15 is 0 Å². The highest BCUT2D eigenvalue weighted by molar-refractivity contribution is 6.05. The lowest BCUT2D eigenvalue weighted by atomic mass is 10.0. The molecule has 0 aliphatic rings. The maximum Gasteiger partial charge on any atom is 0.422 e. The molecular weight excluding hydrogens is 503 g/mol. The van der Waals surface area contributed by atoms with E-state index in [0.717, 1.165) is 10.9 Å². The average molecular weight is 536 g/mol. The number of halogens is 3. The number of nitrogens with one attached hydrogen (secondary N) is 1. The van der Waals surface area contributed by atoms with Crippen LogP contribution in [-0.2, 0) is 11.2 Å². The van der Waals surface area contributed by atoms with Crippen molar-refractivity contribution in [2.45, 2.75) is 51.9 Å². The van der Waals surface area contributed by atoms with Crippen LogP contribution in [0.3, 0.4) is 0 Å². The number of aromatic nitrogens is 1. The Morgan fingerprint density at radius 3 is 2.32 bits per heavy atom. The van der Waals surface area contributed by atoms with Crippen molar-refractivity contribution in [1.29, 1.82) is 0 Å². The van der Waals surface area contributed by atoms with E-state index in [-0.39, 0.29) is 30.7 Å². The number of carbonyl (C=O) groups is 2. The zero-order chi connectivity index (χ0) is 28.1. The van der Waals surface area contributed by atoms with Gasteiger partial charge in [-0.1, -0.05) is 12.1 Å². The van der Waals surface area contributed by atoms with Crippen molar-refractivity contribution in [2.24, 2.45) is 5.73 Å². The minimum absolute atomic E-state index is 0.0284. The molecule has 3 N–H and O–H groups in total. The first-order valence-corrected chi connectivity index (χ1v) is 12.0. The smallest absolute Gasteiger partial charge is 0.422 e. The van der Waals surface area contributed by atoms with Crippen molar-refractivity contribution in [3.63, 3.8) is 0 Å². The fourth-order valence-corrected chi connectivity index (χ4v) is 3.91. The molecule has 0 aliphatic heterocycles. The lowest BCUT2D eigenvalue weighted by Crippen LogP contribution is -2.45. The number of aromatic amines is 1. The molecule has 0 bridgehead atoms. The Morgan fingerprint density at radius 1 is 1.05 bits per heavy atom. The molecular formula is C27H32F3N3O5. The molecule has 0 saturated heterocycles. The Kier molecular flexibility index (Phi) is 8.80. The number of nitrogens with zero attached hydrogens (tertiary/aromatic N) is 1. The molecule has 1 atom stereocenters. The van der Waals surface area contributed by atoms with E-state index in [1.165, 1.54) is 23.1 Å². The van der Waals surface area contributed by atoms with Crippen molar-refractivity contribution in [3.05, 3.63) is 59.8 Å². The number of hydrogen-bond acceptors (Lipinski definition) is 5. The van der Waals surface area contributed by atoms with Crippen LogP contribution in [0.25, 0.3) is 10.9 Å². The molecule has 0 aliphatic carbocycles. The van der Waals surface area contributed by atoms with Gasteiger partial charge in [0.05, 0.1) is 17.6 Å². The second-order valence-electron chi connectivity index (χ2n) is 9.88. The average Bonchev–Trinajstić information content (AvgIpc) is 3.27. The van der Waals surface area contributed by atoms with Crippen LogP contribution in [0, 0.1) is 0 Å². The van der Waals surface area contributed by atoms with Crippen LogP contribution >= 0.6 is 0 Å². The summed E-state index contributed by atoms with van der Waals surface area (Å²) >= 11 is 0. The number of primary amides is 1. The topological polar surface area (TPSA) is 107 Å². The van der Waals surface area contributed by atoms with E-state index in [2.05, 4.69) is 4.98 Å². The fraction of sp³-hybridized carbons (Fsp3) is 0.407. The Morgan fingerprint density at radius 2 is 1.71 bits per heavy atom. The summed E-state index contributed by atoms with van der Waals surface area (Å²) in [5.74, 6) is -0.506. The van der Waals surface area contributed by atoms with Crippen molar-refractivity contribution < 1.29 is 37.0 Å². The number of hydrogen-bond donors (Lipinski definition) is 2.